The number of nitrogens with zero attached hydrogens (tertiary/aromatic N) is 2. The van der Waals surface area contributed by atoms with Crippen molar-refractivity contribution in [1.29, 1.82) is 0 Å². The van der Waals surface area contributed by atoms with Crippen molar-refractivity contribution in [1.82, 2.24) is 15.5 Å². The molecule has 2 N–H and O–H groups in total. The maximum atomic E-state index is 11.3. The third-order valence-corrected chi connectivity index (χ3v) is 4.29. The summed E-state index contributed by atoms with van der Waals surface area (Å²) < 4.78 is 5.33. The zero-order valence-electron chi connectivity index (χ0n) is 11.7. The Morgan fingerprint density at radius 3 is 2.90 bits per heavy atom. The van der Waals surface area contributed by atoms with Gasteiger partial charge in [-0.2, -0.15) is 4.98 Å². The molecule has 0 aliphatic heterocycles. The second kappa shape index (κ2) is 5.52. The van der Waals surface area contributed by atoms with E-state index in [0.717, 1.165) is 25.1 Å². The highest BCUT2D eigenvalue weighted by Crippen LogP contribution is 2.41. The van der Waals surface area contributed by atoms with Crippen LogP contribution in [0.5, 0.6) is 0 Å². The second-order valence-corrected chi connectivity index (χ2v) is 5.92. The summed E-state index contributed by atoms with van der Waals surface area (Å²) >= 11 is 0. The van der Waals surface area contributed by atoms with Crippen molar-refractivity contribution in [2.45, 2.75) is 57.0 Å². The Bertz CT molecular complexity index is 484. The molecule has 1 aromatic rings. The molecule has 1 amide bonds. The van der Waals surface area contributed by atoms with Crippen molar-refractivity contribution in [3.8, 4) is 0 Å². The van der Waals surface area contributed by atoms with Gasteiger partial charge >= 0.3 is 0 Å². The van der Waals surface area contributed by atoms with Crippen LogP contribution in [0, 0.1) is 5.92 Å². The summed E-state index contributed by atoms with van der Waals surface area (Å²) in [6, 6.07) is 0. The standard InChI is InChI=1S/C14H21N3O3/c1-2-12(19)15-7-10-5-9(6-11(10)18)14-16-13(17-20-14)8-3-4-8/h8-11,18H,2-7H2,1H3,(H,15,19)/t9-,10+,11+/m0/s1. The van der Waals surface area contributed by atoms with Crippen LogP contribution < -0.4 is 5.32 Å². The quantitative estimate of drug-likeness (QED) is 0.849. The first-order valence-electron chi connectivity index (χ1n) is 7.45. The third-order valence-electron chi connectivity index (χ3n) is 4.29. The predicted octanol–water partition coefficient (Wildman–Crippen LogP) is 1.33. The van der Waals surface area contributed by atoms with Gasteiger partial charge in [0.15, 0.2) is 5.82 Å². The summed E-state index contributed by atoms with van der Waals surface area (Å²) in [5, 5.41) is 17.0. The van der Waals surface area contributed by atoms with E-state index in [1.807, 2.05) is 6.92 Å². The highest BCUT2D eigenvalue weighted by Gasteiger charge is 2.38. The van der Waals surface area contributed by atoms with E-state index in [0.29, 0.717) is 31.2 Å². The van der Waals surface area contributed by atoms with Crippen LogP contribution in [0.15, 0.2) is 4.52 Å². The predicted molar refractivity (Wildman–Crippen MR) is 71.0 cm³/mol. The summed E-state index contributed by atoms with van der Waals surface area (Å²) in [4.78, 5) is 15.7. The average molecular weight is 279 g/mol. The fraction of sp³-hybridized carbons (Fsp3) is 0.786. The van der Waals surface area contributed by atoms with Crippen LogP contribution in [0.2, 0.25) is 0 Å². The zero-order chi connectivity index (χ0) is 14.1. The zero-order valence-corrected chi connectivity index (χ0v) is 11.7. The van der Waals surface area contributed by atoms with Crippen LogP contribution in [-0.4, -0.2) is 33.8 Å². The van der Waals surface area contributed by atoms with Crippen molar-refractivity contribution < 1.29 is 14.4 Å². The summed E-state index contributed by atoms with van der Waals surface area (Å²) in [6.45, 7) is 2.34. The number of amides is 1. The Balaban J connectivity index is 1.57. The largest absolute Gasteiger partial charge is 0.393 e. The molecule has 20 heavy (non-hydrogen) atoms. The van der Waals surface area contributed by atoms with Gasteiger partial charge in [-0.25, -0.2) is 0 Å². The third kappa shape index (κ3) is 2.85. The molecule has 6 nitrogen and oxygen atoms in total. The Labute approximate surface area is 117 Å². The molecule has 0 spiro atoms. The first kappa shape index (κ1) is 13.5. The van der Waals surface area contributed by atoms with Crippen molar-refractivity contribution in [2.24, 2.45) is 5.92 Å². The number of hydrogen-bond donors (Lipinski definition) is 2. The number of hydrogen-bond acceptors (Lipinski definition) is 5. The first-order valence-corrected chi connectivity index (χ1v) is 7.45. The minimum Gasteiger partial charge on any atom is -0.393 e. The molecular formula is C14H21N3O3. The lowest BCUT2D eigenvalue weighted by atomic mass is 10.0. The topological polar surface area (TPSA) is 88.3 Å². The number of nitrogens with one attached hydrogen (secondary N) is 1. The van der Waals surface area contributed by atoms with Crippen molar-refractivity contribution in [2.75, 3.05) is 6.54 Å². The lowest BCUT2D eigenvalue weighted by Crippen LogP contribution is -2.31. The van der Waals surface area contributed by atoms with Crippen LogP contribution in [0.1, 0.15) is 62.6 Å². The first-order chi connectivity index (χ1) is 9.67. The molecule has 0 unspecified atom stereocenters. The summed E-state index contributed by atoms with van der Waals surface area (Å²) in [5.41, 5.74) is 0. The number of rotatable bonds is 5. The van der Waals surface area contributed by atoms with Gasteiger partial charge in [0, 0.05) is 30.7 Å². The number of carbonyl (C=O) groups is 1. The van der Waals surface area contributed by atoms with Crippen LogP contribution in [0.25, 0.3) is 0 Å². The fourth-order valence-electron chi connectivity index (χ4n) is 2.81. The number of aliphatic hydroxyl groups is 1. The number of carbonyl (C=O) groups excluding carboxylic acids is 1. The van der Waals surface area contributed by atoms with E-state index in [1.54, 1.807) is 0 Å². The lowest BCUT2D eigenvalue weighted by Gasteiger charge is -2.14. The molecule has 2 aliphatic rings. The van der Waals surface area contributed by atoms with Crippen molar-refractivity contribution in [3.63, 3.8) is 0 Å². The van der Waals surface area contributed by atoms with E-state index >= 15 is 0 Å². The molecule has 2 aliphatic carbocycles. The van der Waals surface area contributed by atoms with Gasteiger partial charge in [-0.1, -0.05) is 12.1 Å². The fourth-order valence-corrected chi connectivity index (χ4v) is 2.81. The molecule has 110 valence electrons. The van der Waals surface area contributed by atoms with Gasteiger partial charge < -0.3 is 14.9 Å². The molecule has 1 aromatic heterocycles. The molecule has 2 fully saturated rings. The van der Waals surface area contributed by atoms with Gasteiger partial charge in [0.1, 0.15) is 0 Å². The van der Waals surface area contributed by atoms with E-state index in [2.05, 4.69) is 15.5 Å². The smallest absolute Gasteiger partial charge is 0.229 e. The van der Waals surface area contributed by atoms with Crippen LogP contribution in [0.3, 0.4) is 0 Å². The molecule has 0 radical (unpaired) electrons. The molecule has 0 bridgehead atoms. The molecule has 0 aromatic carbocycles. The average Bonchev–Trinajstić information content (AvgIpc) is 3.06. The van der Waals surface area contributed by atoms with E-state index in [-0.39, 0.29) is 17.7 Å². The van der Waals surface area contributed by atoms with E-state index in [4.69, 9.17) is 4.52 Å². The summed E-state index contributed by atoms with van der Waals surface area (Å²) in [7, 11) is 0. The molecule has 6 heteroatoms. The van der Waals surface area contributed by atoms with Crippen LogP contribution in [-0.2, 0) is 4.79 Å². The van der Waals surface area contributed by atoms with E-state index in [1.165, 1.54) is 0 Å². The van der Waals surface area contributed by atoms with Gasteiger partial charge in [-0.05, 0) is 25.7 Å². The highest BCUT2D eigenvalue weighted by atomic mass is 16.5. The molecule has 3 rings (SSSR count). The minimum absolute atomic E-state index is 0.0226. The summed E-state index contributed by atoms with van der Waals surface area (Å²) in [6.07, 6.45) is 3.79. The molecule has 3 atom stereocenters. The van der Waals surface area contributed by atoms with E-state index < -0.39 is 6.10 Å². The summed E-state index contributed by atoms with van der Waals surface area (Å²) in [5.74, 6) is 2.17. The van der Waals surface area contributed by atoms with Gasteiger partial charge in [0.25, 0.3) is 0 Å². The molecule has 1 heterocycles. The Morgan fingerprint density at radius 1 is 1.40 bits per heavy atom. The highest BCUT2D eigenvalue weighted by molar-refractivity contribution is 5.75. The SMILES string of the molecule is CCC(=O)NC[C@H]1C[C@H](c2nc(C3CC3)no2)C[C@H]1O. The molecule has 2 saturated carbocycles. The normalized spacial score (nSPS) is 29.6. The van der Waals surface area contributed by atoms with E-state index in [9.17, 15) is 9.90 Å². The maximum absolute atomic E-state index is 11.3. The lowest BCUT2D eigenvalue weighted by molar-refractivity contribution is -0.121. The molecule has 0 saturated heterocycles. The van der Waals surface area contributed by atoms with Crippen molar-refractivity contribution >= 4 is 5.91 Å². The number of aromatic nitrogens is 2. The number of aliphatic hydroxyl groups excluding tert-OH is 1. The monoisotopic (exact) mass is 279 g/mol. The maximum Gasteiger partial charge on any atom is 0.229 e. The Kier molecular flexibility index (Phi) is 3.74. The van der Waals surface area contributed by atoms with Gasteiger partial charge in [0.05, 0.1) is 6.10 Å². The van der Waals surface area contributed by atoms with Gasteiger partial charge in [0.2, 0.25) is 11.8 Å². The van der Waals surface area contributed by atoms with Crippen LogP contribution >= 0.6 is 0 Å². The van der Waals surface area contributed by atoms with Gasteiger partial charge in [-0.3, -0.25) is 4.79 Å². The minimum atomic E-state index is -0.409. The van der Waals surface area contributed by atoms with Gasteiger partial charge in [-0.15, -0.1) is 0 Å². The molecular weight excluding hydrogens is 258 g/mol. The van der Waals surface area contributed by atoms with Crippen LogP contribution in [0.4, 0.5) is 0 Å². The Hall–Kier alpha value is -1.43. The Morgan fingerprint density at radius 2 is 2.20 bits per heavy atom. The second-order valence-electron chi connectivity index (χ2n) is 5.92. The van der Waals surface area contributed by atoms with Crippen molar-refractivity contribution in [3.05, 3.63) is 11.7 Å².